The van der Waals surface area contributed by atoms with Gasteiger partial charge in [-0.15, -0.1) is 0 Å². The lowest BCUT2D eigenvalue weighted by Gasteiger charge is -2.26. The zero-order valence-corrected chi connectivity index (χ0v) is 16.0. The second-order valence-corrected chi connectivity index (χ2v) is 8.38. The molecule has 0 bridgehead atoms. The molecule has 148 valence electrons. The maximum atomic E-state index is 14.2. The summed E-state index contributed by atoms with van der Waals surface area (Å²) < 4.78 is 45.8. The second kappa shape index (κ2) is 8.62. The van der Waals surface area contributed by atoms with Gasteiger partial charge in [0.05, 0.1) is 5.56 Å². The summed E-state index contributed by atoms with van der Waals surface area (Å²) in [6.45, 7) is 0.151. The molecule has 1 aliphatic heterocycles. The molecule has 0 spiro atoms. The topological polar surface area (TPSA) is 80.8 Å². The number of ketones is 1. The lowest BCUT2D eigenvalue weighted by atomic mass is 10.1. The van der Waals surface area contributed by atoms with Crippen LogP contribution in [0.2, 0.25) is 0 Å². The molecule has 3 rings (SSSR count). The first-order chi connectivity index (χ1) is 13.4. The Kier molecular flexibility index (Phi) is 6.21. The minimum absolute atomic E-state index is 0.127. The van der Waals surface area contributed by atoms with Gasteiger partial charge in [0.2, 0.25) is 10.0 Å². The monoisotopic (exact) mass is 405 g/mol. The third-order valence-electron chi connectivity index (χ3n) is 4.53. The van der Waals surface area contributed by atoms with Gasteiger partial charge in [-0.1, -0.05) is 36.8 Å². The zero-order valence-electron chi connectivity index (χ0n) is 15.1. The highest BCUT2D eigenvalue weighted by Crippen LogP contribution is 2.24. The van der Waals surface area contributed by atoms with Gasteiger partial charge in [0.15, 0.2) is 12.4 Å². The van der Waals surface area contributed by atoms with Crippen molar-refractivity contribution in [3.8, 4) is 0 Å². The van der Waals surface area contributed by atoms with Crippen molar-refractivity contribution in [2.24, 2.45) is 0 Å². The number of rotatable bonds is 6. The van der Waals surface area contributed by atoms with Crippen molar-refractivity contribution < 1.29 is 27.1 Å². The van der Waals surface area contributed by atoms with Gasteiger partial charge in [0, 0.05) is 18.7 Å². The molecule has 0 aromatic heterocycles. The van der Waals surface area contributed by atoms with E-state index in [9.17, 15) is 22.4 Å². The summed E-state index contributed by atoms with van der Waals surface area (Å²) in [7, 11) is -4.04. The summed E-state index contributed by atoms with van der Waals surface area (Å²) in [5, 5.41) is 0. The maximum absolute atomic E-state index is 14.2. The molecule has 1 aliphatic rings. The van der Waals surface area contributed by atoms with Gasteiger partial charge >= 0.3 is 5.97 Å². The van der Waals surface area contributed by atoms with E-state index in [0.29, 0.717) is 31.5 Å². The van der Waals surface area contributed by atoms with Crippen LogP contribution in [-0.4, -0.2) is 44.2 Å². The summed E-state index contributed by atoms with van der Waals surface area (Å²) in [5.74, 6) is -2.21. The average molecular weight is 405 g/mol. The van der Waals surface area contributed by atoms with Gasteiger partial charge in [0.25, 0.3) is 0 Å². The molecule has 2 aromatic carbocycles. The third kappa shape index (κ3) is 4.45. The summed E-state index contributed by atoms with van der Waals surface area (Å²) >= 11 is 0. The number of hydrogen-bond acceptors (Lipinski definition) is 5. The Labute approximate surface area is 163 Å². The first kappa shape index (κ1) is 20.2. The van der Waals surface area contributed by atoms with Crippen molar-refractivity contribution in [3.05, 3.63) is 65.5 Å². The Morgan fingerprint density at radius 3 is 2.32 bits per heavy atom. The van der Waals surface area contributed by atoms with E-state index in [1.807, 2.05) is 0 Å². The van der Waals surface area contributed by atoms with E-state index in [1.165, 1.54) is 4.31 Å². The number of sulfonamides is 1. The van der Waals surface area contributed by atoms with Gasteiger partial charge in [-0.25, -0.2) is 17.6 Å². The third-order valence-corrected chi connectivity index (χ3v) is 6.44. The predicted molar refractivity (Wildman–Crippen MR) is 100 cm³/mol. The number of carbonyl (C=O) groups excluding carboxylic acids is 2. The lowest BCUT2D eigenvalue weighted by Crippen LogP contribution is -2.36. The van der Waals surface area contributed by atoms with Gasteiger partial charge in [-0.3, -0.25) is 4.79 Å². The number of esters is 1. The molecule has 1 saturated heterocycles. The number of carbonyl (C=O) groups is 2. The van der Waals surface area contributed by atoms with Crippen molar-refractivity contribution in [1.82, 2.24) is 4.31 Å². The molecule has 0 atom stereocenters. The summed E-state index contributed by atoms with van der Waals surface area (Å²) in [6, 6.07) is 11.3. The number of hydrogen-bond donors (Lipinski definition) is 0. The molecular formula is C20H20FNO5S. The molecule has 1 fully saturated rings. The molecule has 0 unspecified atom stereocenters. The van der Waals surface area contributed by atoms with Gasteiger partial charge in [0.1, 0.15) is 10.7 Å². The van der Waals surface area contributed by atoms with Crippen LogP contribution in [0.15, 0.2) is 53.4 Å². The van der Waals surface area contributed by atoms with Gasteiger partial charge < -0.3 is 4.74 Å². The van der Waals surface area contributed by atoms with E-state index in [1.54, 1.807) is 30.3 Å². The van der Waals surface area contributed by atoms with Crippen LogP contribution in [0.1, 0.15) is 40.0 Å². The van der Waals surface area contributed by atoms with E-state index in [-0.39, 0.29) is 5.56 Å². The molecule has 28 heavy (non-hydrogen) atoms. The number of Topliss-reactive ketones (excluding diaryl/α,β-unsaturated/α-hetero) is 1. The molecule has 6 nitrogen and oxygen atoms in total. The Bertz CT molecular complexity index is 969. The molecule has 0 N–H and O–H groups in total. The Morgan fingerprint density at radius 1 is 0.964 bits per heavy atom. The fourth-order valence-corrected chi connectivity index (χ4v) is 4.60. The smallest absolute Gasteiger partial charge is 0.338 e. The SMILES string of the molecule is O=C(COC(=O)c1ccc(F)c(S(=O)(=O)N2CCCCC2)c1)c1ccccc1. The van der Waals surface area contributed by atoms with E-state index >= 15 is 0 Å². The van der Waals surface area contributed by atoms with Gasteiger partial charge in [-0.05, 0) is 31.0 Å². The van der Waals surface area contributed by atoms with Crippen molar-refractivity contribution in [1.29, 1.82) is 0 Å². The molecule has 0 radical (unpaired) electrons. The van der Waals surface area contributed by atoms with Crippen LogP contribution in [0, 0.1) is 5.82 Å². The van der Waals surface area contributed by atoms with Crippen molar-refractivity contribution in [2.45, 2.75) is 24.2 Å². The fourth-order valence-electron chi connectivity index (χ4n) is 2.99. The van der Waals surface area contributed by atoms with Crippen LogP contribution in [-0.2, 0) is 14.8 Å². The van der Waals surface area contributed by atoms with Crippen molar-refractivity contribution >= 4 is 21.8 Å². The number of benzene rings is 2. The Hall–Kier alpha value is -2.58. The molecule has 0 amide bonds. The summed E-state index contributed by atoms with van der Waals surface area (Å²) in [5.41, 5.74) is 0.264. The highest BCUT2D eigenvalue weighted by atomic mass is 32.2. The quantitative estimate of drug-likeness (QED) is 0.545. The summed E-state index contributed by atoms with van der Waals surface area (Å²) in [6.07, 6.45) is 2.35. The lowest BCUT2D eigenvalue weighted by molar-refractivity contribution is 0.0474. The maximum Gasteiger partial charge on any atom is 0.338 e. The normalized spacial score (nSPS) is 15.2. The number of nitrogens with zero attached hydrogens (tertiary/aromatic N) is 1. The first-order valence-corrected chi connectivity index (χ1v) is 10.4. The van der Waals surface area contributed by atoms with Crippen LogP contribution in [0.25, 0.3) is 0 Å². The van der Waals surface area contributed by atoms with Crippen LogP contribution < -0.4 is 0 Å². The second-order valence-electron chi connectivity index (χ2n) is 6.48. The fraction of sp³-hybridized carbons (Fsp3) is 0.300. The summed E-state index contributed by atoms with van der Waals surface area (Å²) in [4.78, 5) is 23.7. The van der Waals surface area contributed by atoms with Crippen LogP contribution in [0.5, 0.6) is 0 Å². The molecule has 0 saturated carbocycles. The largest absolute Gasteiger partial charge is 0.454 e. The van der Waals surface area contributed by atoms with Crippen LogP contribution >= 0.6 is 0 Å². The van der Waals surface area contributed by atoms with Crippen molar-refractivity contribution in [2.75, 3.05) is 19.7 Å². The molecular weight excluding hydrogens is 385 g/mol. The van der Waals surface area contributed by atoms with E-state index < -0.39 is 39.1 Å². The predicted octanol–water partition coefficient (Wildman–Crippen LogP) is 3.04. The van der Waals surface area contributed by atoms with E-state index in [2.05, 4.69) is 0 Å². The highest BCUT2D eigenvalue weighted by Gasteiger charge is 2.29. The van der Waals surface area contributed by atoms with E-state index in [0.717, 1.165) is 24.6 Å². The first-order valence-electron chi connectivity index (χ1n) is 8.94. The highest BCUT2D eigenvalue weighted by molar-refractivity contribution is 7.89. The molecule has 2 aromatic rings. The van der Waals surface area contributed by atoms with E-state index in [4.69, 9.17) is 4.74 Å². The minimum atomic E-state index is -4.04. The number of halogens is 1. The molecule has 8 heteroatoms. The Balaban J connectivity index is 1.75. The van der Waals surface area contributed by atoms with Crippen LogP contribution in [0.4, 0.5) is 4.39 Å². The minimum Gasteiger partial charge on any atom is -0.454 e. The average Bonchev–Trinajstić information content (AvgIpc) is 2.73. The standard InChI is InChI=1S/C20H20FNO5S/c21-17-10-9-16(13-19(17)28(25,26)22-11-5-2-6-12-22)20(24)27-14-18(23)15-7-3-1-4-8-15/h1,3-4,7-10,13H,2,5-6,11-12,14H2. The number of ether oxygens (including phenoxy) is 1. The molecule has 0 aliphatic carbocycles. The molecule has 1 heterocycles. The zero-order chi connectivity index (χ0) is 20.1. The van der Waals surface area contributed by atoms with Gasteiger partial charge in [-0.2, -0.15) is 4.31 Å². The van der Waals surface area contributed by atoms with Crippen LogP contribution in [0.3, 0.4) is 0 Å². The van der Waals surface area contributed by atoms with Crippen molar-refractivity contribution in [3.63, 3.8) is 0 Å². The Morgan fingerprint density at radius 2 is 1.64 bits per heavy atom. The number of piperidine rings is 1.